The van der Waals surface area contributed by atoms with E-state index in [0.29, 0.717) is 6.20 Å². The standard InChI is InChI=1S/C17H16F3N3O4S/c1-11(8-9-28(2,25)26)22-14(24)13-10-21-16(17(18,19)20)23-15(13)27-12-6-4-3-5-7-12/h3-11H,1-2H3,(H,22,24)/b9-8+/t11-/m0/s1. The Balaban J connectivity index is 2.33. The van der Waals surface area contributed by atoms with Crippen LogP contribution in [0.1, 0.15) is 23.1 Å². The van der Waals surface area contributed by atoms with E-state index in [1.807, 2.05) is 0 Å². The first kappa shape index (κ1) is 21.4. The summed E-state index contributed by atoms with van der Waals surface area (Å²) in [6.45, 7) is 1.49. The molecule has 150 valence electrons. The summed E-state index contributed by atoms with van der Waals surface area (Å²) >= 11 is 0. The Morgan fingerprint density at radius 2 is 1.89 bits per heavy atom. The lowest BCUT2D eigenvalue weighted by Crippen LogP contribution is -2.32. The van der Waals surface area contributed by atoms with Crippen molar-refractivity contribution in [3.63, 3.8) is 0 Å². The van der Waals surface area contributed by atoms with Gasteiger partial charge in [0.15, 0.2) is 9.84 Å². The van der Waals surface area contributed by atoms with Crippen molar-refractivity contribution in [3.8, 4) is 11.6 Å². The fourth-order valence-electron chi connectivity index (χ4n) is 1.93. The molecule has 1 atom stereocenters. The minimum Gasteiger partial charge on any atom is -0.438 e. The van der Waals surface area contributed by atoms with Crippen LogP contribution in [-0.2, 0) is 16.0 Å². The van der Waals surface area contributed by atoms with Gasteiger partial charge in [-0.1, -0.05) is 24.3 Å². The number of aromatic nitrogens is 2. The Kier molecular flexibility index (Phi) is 6.39. The van der Waals surface area contributed by atoms with Crippen molar-refractivity contribution in [1.29, 1.82) is 0 Å². The summed E-state index contributed by atoms with van der Waals surface area (Å²) in [5.74, 6) is -2.69. The third-order valence-electron chi connectivity index (χ3n) is 3.18. The molecule has 0 aliphatic carbocycles. The maximum Gasteiger partial charge on any atom is 0.451 e. The Hall–Kier alpha value is -2.95. The maximum atomic E-state index is 12.9. The van der Waals surface area contributed by atoms with E-state index < -0.39 is 39.7 Å². The molecule has 0 aliphatic heterocycles. The number of alkyl halides is 3. The molecule has 2 rings (SSSR count). The number of ether oxygens (including phenoxy) is 1. The summed E-state index contributed by atoms with van der Waals surface area (Å²) in [4.78, 5) is 18.9. The average molecular weight is 415 g/mol. The monoisotopic (exact) mass is 415 g/mol. The normalized spacial score (nSPS) is 13.3. The molecule has 28 heavy (non-hydrogen) atoms. The fraction of sp³-hybridized carbons (Fsp3) is 0.235. The van der Waals surface area contributed by atoms with Crippen molar-refractivity contribution >= 4 is 15.7 Å². The van der Waals surface area contributed by atoms with E-state index in [1.54, 1.807) is 18.2 Å². The van der Waals surface area contributed by atoms with Crippen LogP contribution in [0.3, 0.4) is 0 Å². The van der Waals surface area contributed by atoms with Gasteiger partial charge in [-0.3, -0.25) is 4.79 Å². The first-order chi connectivity index (χ1) is 13.0. The van der Waals surface area contributed by atoms with E-state index in [-0.39, 0.29) is 11.3 Å². The van der Waals surface area contributed by atoms with Gasteiger partial charge in [0.05, 0.1) is 0 Å². The van der Waals surface area contributed by atoms with Gasteiger partial charge in [0.1, 0.15) is 11.3 Å². The second-order valence-electron chi connectivity index (χ2n) is 5.75. The highest BCUT2D eigenvalue weighted by Gasteiger charge is 2.36. The number of carbonyl (C=O) groups excluding carboxylic acids is 1. The van der Waals surface area contributed by atoms with Crippen molar-refractivity contribution in [2.75, 3.05) is 6.26 Å². The summed E-state index contributed by atoms with van der Waals surface area (Å²) in [6, 6.07) is 7.10. The lowest BCUT2D eigenvalue weighted by atomic mass is 10.2. The number of hydrogen-bond donors (Lipinski definition) is 1. The van der Waals surface area contributed by atoms with Gasteiger partial charge in [-0.25, -0.2) is 13.4 Å². The van der Waals surface area contributed by atoms with Gasteiger partial charge in [-0.05, 0) is 19.1 Å². The predicted octanol–water partition coefficient (Wildman–Crippen LogP) is 2.96. The second-order valence-corrected chi connectivity index (χ2v) is 7.68. The van der Waals surface area contributed by atoms with Gasteiger partial charge in [-0.2, -0.15) is 18.2 Å². The minimum absolute atomic E-state index is 0.174. The van der Waals surface area contributed by atoms with Gasteiger partial charge in [0.25, 0.3) is 5.91 Å². The van der Waals surface area contributed by atoms with Crippen molar-refractivity contribution in [1.82, 2.24) is 15.3 Å². The first-order valence-corrected chi connectivity index (χ1v) is 9.77. The van der Waals surface area contributed by atoms with E-state index in [2.05, 4.69) is 15.3 Å². The molecular weight excluding hydrogens is 399 g/mol. The van der Waals surface area contributed by atoms with Crippen molar-refractivity contribution in [2.45, 2.75) is 19.1 Å². The molecule has 0 saturated heterocycles. The average Bonchev–Trinajstić information content (AvgIpc) is 2.59. The van der Waals surface area contributed by atoms with E-state index in [0.717, 1.165) is 11.7 Å². The van der Waals surface area contributed by atoms with Crippen LogP contribution < -0.4 is 10.1 Å². The Morgan fingerprint density at radius 1 is 1.25 bits per heavy atom. The number of halogens is 3. The molecule has 1 N–H and O–H groups in total. The molecule has 2 aromatic rings. The highest BCUT2D eigenvalue weighted by molar-refractivity contribution is 7.93. The Morgan fingerprint density at radius 3 is 2.46 bits per heavy atom. The summed E-state index contributed by atoms with van der Waals surface area (Å²) in [5.41, 5.74) is -0.337. The number of para-hydroxylation sites is 1. The number of hydrogen-bond acceptors (Lipinski definition) is 6. The van der Waals surface area contributed by atoms with Crippen LogP contribution in [0.5, 0.6) is 11.6 Å². The summed E-state index contributed by atoms with van der Waals surface area (Å²) in [7, 11) is -3.40. The zero-order valence-corrected chi connectivity index (χ0v) is 15.6. The van der Waals surface area contributed by atoms with E-state index in [1.165, 1.54) is 25.1 Å². The molecule has 0 radical (unpaired) electrons. The predicted molar refractivity (Wildman–Crippen MR) is 94.5 cm³/mol. The molecule has 1 amide bonds. The number of benzene rings is 1. The highest BCUT2D eigenvalue weighted by atomic mass is 32.2. The van der Waals surface area contributed by atoms with Gasteiger partial charge in [0.2, 0.25) is 11.7 Å². The topological polar surface area (TPSA) is 98.2 Å². The summed E-state index contributed by atoms with van der Waals surface area (Å²) < 4.78 is 66.3. The van der Waals surface area contributed by atoms with E-state index >= 15 is 0 Å². The molecule has 0 fully saturated rings. The molecule has 0 spiro atoms. The quantitative estimate of drug-likeness (QED) is 0.779. The highest BCUT2D eigenvalue weighted by Crippen LogP contribution is 2.30. The molecule has 0 unspecified atom stereocenters. The summed E-state index contributed by atoms with van der Waals surface area (Å²) in [5, 5.41) is 3.33. The molecule has 11 heteroatoms. The number of carbonyl (C=O) groups is 1. The number of nitrogens with one attached hydrogen (secondary N) is 1. The molecular formula is C17H16F3N3O4S. The molecule has 1 aromatic carbocycles. The minimum atomic E-state index is -4.82. The molecule has 0 saturated carbocycles. The third kappa shape index (κ3) is 6.34. The van der Waals surface area contributed by atoms with Crippen LogP contribution in [-0.4, -0.2) is 36.6 Å². The van der Waals surface area contributed by atoms with Crippen LogP contribution in [0.4, 0.5) is 13.2 Å². The zero-order chi connectivity index (χ0) is 20.9. The van der Waals surface area contributed by atoms with Crippen LogP contribution in [0.15, 0.2) is 48.0 Å². The van der Waals surface area contributed by atoms with Crippen LogP contribution in [0.25, 0.3) is 0 Å². The molecule has 1 aromatic heterocycles. The summed E-state index contributed by atoms with van der Waals surface area (Å²) in [6.07, 6.45) is -1.92. The number of amides is 1. The SMILES string of the molecule is C[C@@H](/C=C/S(C)(=O)=O)NC(=O)c1cnc(C(F)(F)F)nc1Oc1ccccc1. The van der Waals surface area contributed by atoms with Crippen LogP contribution in [0, 0.1) is 0 Å². The first-order valence-electron chi connectivity index (χ1n) is 7.82. The van der Waals surface area contributed by atoms with Crippen molar-refractivity contribution < 1.29 is 31.1 Å². The largest absolute Gasteiger partial charge is 0.451 e. The van der Waals surface area contributed by atoms with Crippen molar-refractivity contribution in [2.24, 2.45) is 0 Å². The number of nitrogens with zero attached hydrogens (tertiary/aromatic N) is 2. The smallest absolute Gasteiger partial charge is 0.438 e. The molecule has 1 heterocycles. The molecule has 0 bridgehead atoms. The lowest BCUT2D eigenvalue weighted by Gasteiger charge is -2.14. The van der Waals surface area contributed by atoms with Crippen molar-refractivity contribution in [3.05, 3.63) is 59.4 Å². The Labute approximate surface area is 159 Å². The van der Waals surface area contributed by atoms with E-state index in [4.69, 9.17) is 4.74 Å². The fourth-order valence-corrected chi connectivity index (χ4v) is 2.45. The number of sulfone groups is 1. The second kappa shape index (κ2) is 8.38. The molecule has 0 aliphatic rings. The van der Waals surface area contributed by atoms with E-state index in [9.17, 15) is 26.4 Å². The lowest BCUT2D eigenvalue weighted by molar-refractivity contribution is -0.145. The van der Waals surface area contributed by atoms with Gasteiger partial charge >= 0.3 is 6.18 Å². The maximum absolute atomic E-state index is 12.9. The molecule has 7 nitrogen and oxygen atoms in total. The number of rotatable bonds is 6. The van der Waals surface area contributed by atoms with Gasteiger partial charge < -0.3 is 10.1 Å². The van der Waals surface area contributed by atoms with Crippen LogP contribution in [0.2, 0.25) is 0 Å². The third-order valence-corrected chi connectivity index (χ3v) is 3.83. The Bertz CT molecular complexity index is 977. The van der Waals surface area contributed by atoms with Gasteiger partial charge in [-0.15, -0.1) is 0 Å². The zero-order valence-electron chi connectivity index (χ0n) is 14.8. The van der Waals surface area contributed by atoms with Crippen LogP contribution >= 0.6 is 0 Å². The van der Waals surface area contributed by atoms with Gasteiger partial charge in [0, 0.05) is 23.9 Å².